The minimum Gasteiger partial charge on any atom is -0.395 e. The number of hydrogen-bond donors (Lipinski definition) is 3. The van der Waals surface area contributed by atoms with E-state index in [-0.39, 0.29) is 30.4 Å². The van der Waals surface area contributed by atoms with Gasteiger partial charge in [0.05, 0.1) is 17.0 Å². The molecule has 0 unspecified atom stereocenters. The SMILES string of the molecule is CC[C@H](CO)NCc1ccc(C(=O)Nc2ncc(SCc3cccc(C(=O)N4CCN(C(C)=O)CC4)c3)s2)cc1. The fourth-order valence-electron chi connectivity index (χ4n) is 4.28. The van der Waals surface area contributed by atoms with Crippen LogP contribution in [0, 0.1) is 0 Å². The van der Waals surface area contributed by atoms with E-state index in [0.29, 0.717) is 54.7 Å². The van der Waals surface area contributed by atoms with Crippen molar-refractivity contribution in [2.75, 3.05) is 38.1 Å². The van der Waals surface area contributed by atoms with Crippen LogP contribution >= 0.6 is 23.1 Å². The van der Waals surface area contributed by atoms with Gasteiger partial charge < -0.3 is 20.2 Å². The Kier molecular flexibility index (Phi) is 10.7. The molecule has 1 aliphatic heterocycles. The third-order valence-electron chi connectivity index (χ3n) is 6.80. The lowest BCUT2D eigenvalue weighted by molar-refractivity contribution is -0.130. The Morgan fingerprint density at radius 1 is 1.02 bits per heavy atom. The predicted octanol–water partition coefficient (Wildman–Crippen LogP) is 3.85. The van der Waals surface area contributed by atoms with Crippen molar-refractivity contribution in [1.82, 2.24) is 20.1 Å². The fraction of sp³-hybridized carbons (Fsp3) is 0.379. The van der Waals surface area contributed by atoms with Crippen molar-refractivity contribution in [1.29, 1.82) is 0 Å². The number of aliphatic hydroxyl groups excluding tert-OH is 1. The first-order valence-corrected chi connectivity index (χ1v) is 15.1. The third kappa shape index (κ3) is 8.14. The number of piperazine rings is 1. The molecule has 0 saturated carbocycles. The van der Waals surface area contributed by atoms with Crippen LogP contribution in [0.1, 0.15) is 52.1 Å². The number of nitrogens with zero attached hydrogens (tertiary/aromatic N) is 3. The van der Waals surface area contributed by atoms with Crippen molar-refractivity contribution in [3.63, 3.8) is 0 Å². The number of rotatable bonds is 11. The molecule has 3 aromatic rings. The van der Waals surface area contributed by atoms with Crippen molar-refractivity contribution >= 4 is 46.0 Å². The second-order valence-corrected chi connectivity index (χ2v) is 11.9. The molecule has 212 valence electrons. The van der Waals surface area contributed by atoms with Crippen LogP contribution in [0.2, 0.25) is 0 Å². The Morgan fingerprint density at radius 2 is 1.75 bits per heavy atom. The van der Waals surface area contributed by atoms with Gasteiger partial charge in [-0.15, -0.1) is 11.8 Å². The molecule has 2 heterocycles. The lowest BCUT2D eigenvalue weighted by Crippen LogP contribution is -2.50. The monoisotopic (exact) mass is 581 g/mol. The number of nitrogens with one attached hydrogen (secondary N) is 2. The van der Waals surface area contributed by atoms with Gasteiger partial charge in [0.25, 0.3) is 11.8 Å². The molecule has 2 aromatic carbocycles. The molecular formula is C29H35N5O4S2. The number of amides is 3. The average Bonchev–Trinajstić information content (AvgIpc) is 3.43. The van der Waals surface area contributed by atoms with Crippen LogP contribution in [-0.4, -0.2) is 76.4 Å². The Labute approximate surface area is 243 Å². The molecule has 1 aliphatic rings. The van der Waals surface area contributed by atoms with E-state index in [1.54, 1.807) is 46.8 Å². The average molecular weight is 582 g/mol. The number of hydrogen-bond acceptors (Lipinski definition) is 8. The molecule has 11 heteroatoms. The number of anilines is 1. The molecule has 1 saturated heterocycles. The molecule has 3 amide bonds. The zero-order valence-corrected chi connectivity index (χ0v) is 24.4. The Hall–Kier alpha value is -3.25. The lowest BCUT2D eigenvalue weighted by atomic mass is 10.1. The van der Waals surface area contributed by atoms with Crippen molar-refractivity contribution in [2.45, 2.75) is 42.8 Å². The maximum atomic E-state index is 13.0. The number of thiazole rings is 1. The number of carbonyl (C=O) groups is 3. The summed E-state index contributed by atoms with van der Waals surface area (Å²) in [4.78, 5) is 45.1. The van der Waals surface area contributed by atoms with E-state index in [9.17, 15) is 19.5 Å². The second kappa shape index (κ2) is 14.4. The summed E-state index contributed by atoms with van der Waals surface area (Å²) in [5.41, 5.74) is 3.26. The first kappa shape index (κ1) is 29.7. The fourth-order valence-corrected chi connectivity index (χ4v) is 6.09. The van der Waals surface area contributed by atoms with Crippen molar-refractivity contribution in [3.8, 4) is 0 Å². The zero-order valence-electron chi connectivity index (χ0n) is 22.8. The van der Waals surface area contributed by atoms with Gasteiger partial charge in [0.1, 0.15) is 0 Å². The number of aliphatic hydroxyl groups is 1. The van der Waals surface area contributed by atoms with Gasteiger partial charge in [0.2, 0.25) is 5.91 Å². The van der Waals surface area contributed by atoms with Crippen LogP contribution in [0.25, 0.3) is 0 Å². The number of benzene rings is 2. The minimum absolute atomic E-state index is 0.0162. The van der Waals surface area contributed by atoms with Gasteiger partial charge in [-0.2, -0.15) is 0 Å². The van der Waals surface area contributed by atoms with E-state index >= 15 is 0 Å². The molecule has 9 nitrogen and oxygen atoms in total. The van der Waals surface area contributed by atoms with Crippen molar-refractivity contribution in [2.24, 2.45) is 0 Å². The Morgan fingerprint density at radius 3 is 2.42 bits per heavy atom. The highest BCUT2D eigenvalue weighted by Gasteiger charge is 2.23. The van der Waals surface area contributed by atoms with Gasteiger partial charge in [0, 0.05) is 62.6 Å². The molecule has 40 heavy (non-hydrogen) atoms. The molecule has 0 spiro atoms. The number of aromatic nitrogens is 1. The van der Waals surface area contributed by atoms with Crippen LogP contribution in [0.15, 0.2) is 58.9 Å². The van der Waals surface area contributed by atoms with Gasteiger partial charge in [-0.25, -0.2) is 4.98 Å². The maximum Gasteiger partial charge on any atom is 0.257 e. The third-order valence-corrected chi connectivity index (χ3v) is 8.97. The smallest absolute Gasteiger partial charge is 0.257 e. The topological polar surface area (TPSA) is 115 Å². The normalized spacial score (nSPS) is 14.2. The predicted molar refractivity (Wildman–Crippen MR) is 159 cm³/mol. The van der Waals surface area contributed by atoms with Crippen LogP contribution < -0.4 is 10.6 Å². The zero-order chi connectivity index (χ0) is 28.5. The van der Waals surface area contributed by atoms with Crippen LogP contribution in [0.3, 0.4) is 0 Å². The van der Waals surface area contributed by atoms with Gasteiger partial charge in [-0.05, 0) is 41.8 Å². The summed E-state index contributed by atoms with van der Waals surface area (Å²) in [6.45, 7) is 6.51. The largest absolute Gasteiger partial charge is 0.395 e. The lowest BCUT2D eigenvalue weighted by Gasteiger charge is -2.34. The summed E-state index contributed by atoms with van der Waals surface area (Å²) < 4.78 is 0.961. The molecule has 0 radical (unpaired) electrons. The van der Waals surface area contributed by atoms with Gasteiger partial charge in [-0.1, -0.05) is 42.5 Å². The highest BCUT2D eigenvalue weighted by molar-refractivity contribution is 8.00. The number of carbonyl (C=O) groups excluding carboxylic acids is 3. The highest BCUT2D eigenvalue weighted by atomic mass is 32.2. The van der Waals surface area contributed by atoms with E-state index in [2.05, 4.69) is 15.6 Å². The molecule has 1 atom stereocenters. The minimum atomic E-state index is -0.220. The van der Waals surface area contributed by atoms with Gasteiger partial charge in [-0.3, -0.25) is 19.7 Å². The van der Waals surface area contributed by atoms with E-state index in [1.807, 2.05) is 43.3 Å². The van der Waals surface area contributed by atoms with E-state index in [4.69, 9.17) is 0 Å². The van der Waals surface area contributed by atoms with Crippen LogP contribution in [0.5, 0.6) is 0 Å². The molecular weight excluding hydrogens is 546 g/mol. The summed E-state index contributed by atoms with van der Waals surface area (Å²) in [7, 11) is 0. The molecule has 1 aromatic heterocycles. The summed E-state index contributed by atoms with van der Waals surface area (Å²) in [5.74, 6) is 0.471. The van der Waals surface area contributed by atoms with Crippen LogP contribution in [0.4, 0.5) is 5.13 Å². The molecule has 3 N–H and O–H groups in total. The summed E-state index contributed by atoms with van der Waals surface area (Å²) in [6, 6.07) is 15.1. The standard InChI is InChI=1S/C29H35N5O4S2/c1-3-25(18-35)30-16-21-7-9-23(10-8-21)27(37)32-29-31-17-26(40-29)39-19-22-5-4-6-24(15-22)28(38)34-13-11-33(12-14-34)20(2)36/h4-10,15,17,25,30,35H,3,11-14,16,18-19H2,1-2H3,(H,31,32,37)/t25-/m1/s1. The molecule has 4 rings (SSSR count). The van der Waals surface area contributed by atoms with E-state index in [0.717, 1.165) is 21.8 Å². The van der Waals surface area contributed by atoms with Crippen LogP contribution in [-0.2, 0) is 17.1 Å². The second-order valence-electron chi connectivity index (χ2n) is 9.59. The Balaban J connectivity index is 1.26. The first-order chi connectivity index (χ1) is 19.4. The van der Waals surface area contributed by atoms with Crippen molar-refractivity contribution in [3.05, 3.63) is 77.0 Å². The quantitative estimate of drug-likeness (QED) is 0.295. The van der Waals surface area contributed by atoms with Gasteiger partial charge in [0.15, 0.2) is 5.13 Å². The van der Waals surface area contributed by atoms with Gasteiger partial charge >= 0.3 is 0 Å². The first-order valence-electron chi connectivity index (χ1n) is 13.3. The molecule has 0 bridgehead atoms. The van der Waals surface area contributed by atoms with E-state index in [1.165, 1.54) is 11.3 Å². The van der Waals surface area contributed by atoms with E-state index < -0.39 is 0 Å². The summed E-state index contributed by atoms with van der Waals surface area (Å²) in [5, 5.41) is 16.0. The number of thioether (sulfide) groups is 1. The Bertz CT molecular complexity index is 1300. The maximum absolute atomic E-state index is 13.0. The molecule has 0 aliphatic carbocycles. The van der Waals surface area contributed by atoms with Crippen molar-refractivity contribution < 1.29 is 19.5 Å². The summed E-state index contributed by atoms with van der Waals surface area (Å²) in [6.07, 6.45) is 2.59. The molecule has 1 fully saturated rings. The summed E-state index contributed by atoms with van der Waals surface area (Å²) >= 11 is 3.01. The highest BCUT2D eigenvalue weighted by Crippen LogP contribution is 2.31.